The summed E-state index contributed by atoms with van der Waals surface area (Å²) in [5.74, 6) is 0. The number of aromatic nitrogens is 1. The fraction of sp³-hybridized carbons (Fsp3) is 0.214. The molecule has 2 rings (SSSR count). The number of alkyl halides is 3. The van der Waals surface area contributed by atoms with E-state index in [0.29, 0.717) is 4.57 Å². The van der Waals surface area contributed by atoms with Crippen LogP contribution in [0.15, 0.2) is 12.1 Å². The fourth-order valence-corrected chi connectivity index (χ4v) is 3.65. The number of nitriles is 1. The summed E-state index contributed by atoms with van der Waals surface area (Å²) in [6, 6.07) is 4.26. The van der Waals surface area contributed by atoms with Crippen LogP contribution in [0.25, 0.3) is 11.1 Å². The van der Waals surface area contributed by atoms with Crippen LogP contribution in [-0.4, -0.2) is 13.3 Å². The monoisotopic (exact) mass is 445 g/mol. The Labute approximate surface area is 163 Å². The third-order valence-electron chi connectivity index (χ3n) is 3.50. The molecule has 0 bridgehead atoms. The van der Waals surface area contributed by atoms with Gasteiger partial charge in [0, 0.05) is 29.7 Å². The van der Waals surface area contributed by atoms with Gasteiger partial charge in [-0.2, -0.15) is 18.4 Å². The number of hydrogen-bond donors (Lipinski definition) is 2. The molecule has 0 aliphatic carbocycles. The van der Waals surface area contributed by atoms with Crippen molar-refractivity contribution in [2.45, 2.75) is 12.7 Å². The lowest BCUT2D eigenvalue weighted by atomic mass is 10.0. The Kier molecular flexibility index (Phi) is 6.28. The molecule has 0 saturated heterocycles. The third-order valence-corrected chi connectivity index (χ3v) is 4.92. The number of halogens is 6. The van der Waals surface area contributed by atoms with Gasteiger partial charge in [-0.05, 0) is 17.7 Å². The highest BCUT2D eigenvalue weighted by molar-refractivity contribution is 7.77. The summed E-state index contributed by atoms with van der Waals surface area (Å²) in [5, 5.41) is 8.73. The molecule has 0 aliphatic heterocycles. The summed E-state index contributed by atoms with van der Waals surface area (Å²) >= 11 is 15.7. The van der Waals surface area contributed by atoms with Gasteiger partial charge in [0.05, 0.1) is 10.0 Å². The summed E-state index contributed by atoms with van der Waals surface area (Å²) < 4.78 is 62.2. The van der Waals surface area contributed by atoms with Crippen molar-refractivity contribution in [3.8, 4) is 17.2 Å². The zero-order valence-corrected chi connectivity index (χ0v) is 15.9. The maximum Gasteiger partial charge on any atom is 0.432 e. The van der Waals surface area contributed by atoms with Crippen LogP contribution in [0, 0.1) is 11.3 Å². The van der Waals surface area contributed by atoms with Crippen LogP contribution in [0.5, 0.6) is 0 Å². The average molecular weight is 447 g/mol. The van der Waals surface area contributed by atoms with Crippen molar-refractivity contribution in [1.29, 1.82) is 5.26 Å². The Morgan fingerprint density at radius 1 is 1.31 bits per heavy atom. The predicted molar refractivity (Wildman–Crippen MR) is 93.2 cm³/mol. The van der Waals surface area contributed by atoms with Crippen LogP contribution >= 0.6 is 34.8 Å². The van der Waals surface area contributed by atoms with Crippen LogP contribution in [0.2, 0.25) is 15.1 Å². The smallest absolute Gasteiger partial charge is 0.330 e. The van der Waals surface area contributed by atoms with Crippen molar-refractivity contribution < 1.29 is 21.9 Å². The highest BCUT2D eigenvalue weighted by Gasteiger charge is 2.40. The van der Waals surface area contributed by atoms with E-state index >= 15 is 0 Å². The van der Waals surface area contributed by atoms with E-state index in [2.05, 4.69) is 4.72 Å². The quantitative estimate of drug-likeness (QED) is 0.664. The molecule has 1 aromatic heterocycles. The first-order valence-electron chi connectivity index (χ1n) is 6.67. The molecule has 12 heteroatoms. The van der Waals surface area contributed by atoms with Gasteiger partial charge in [0.2, 0.25) is 11.3 Å². The lowest BCUT2D eigenvalue weighted by Crippen LogP contribution is -2.15. The molecule has 1 aromatic carbocycles. The SMILES string of the molecule is Cn1c(C#N)c(-c2cc(CNS(=O)O)c(Cl)cc2Cl)c(Cl)c1C(F)(F)F. The highest BCUT2D eigenvalue weighted by Crippen LogP contribution is 2.46. The van der Waals surface area contributed by atoms with Gasteiger partial charge in [0.25, 0.3) is 0 Å². The zero-order valence-electron chi connectivity index (χ0n) is 12.8. The van der Waals surface area contributed by atoms with E-state index in [9.17, 15) is 22.6 Å². The minimum Gasteiger partial charge on any atom is -0.330 e. The number of nitrogens with one attached hydrogen (secondary N) is 1. The van der Waals surface area contributed by atoms with Crippen LogP contribution in [0.1, 0.15) is 17.0 Å². The second kappa shape index (κ2) is 7.76. The first-order chi connectivity index (χ1) is 12.0. The van der Waals surface area contributed by atoms with Gasteiger partial charge in [0.15, 0.2) is 0 Å². The second-order valence-electron chi connectivity index (χ2n) is 5.05. The summed E-state index contributed by atoms with van der Waals surface area (Å²) in [6.07, 6.45) is -4.78. The number of benzene rings is 1. The molecule has 140 valence electrons. The highest BCUT2D eigenvalue weighted by atomic mass is 35.5. The first kappa shape index (κ1) is 21.0. The molecule has 0 saturated carbocycles. The van der Waals surface area contributed by atoms with E-state index in [-0.39, 0.29) is 39.0 Å². The fourth-order valence-electron chi connectivity index (χ4n) is 2.40. The second-order valence-corrected chi connectivity index (χ2v) is 7.03. The minimum absolute atomic E-state index is 0.0263. The lowest BCUT2D eigenvalue weighted by Gasteiger charge is -2.10. The van der Waals surface area contributed by atoms with Crippen molar-refractivity contribution >= 4 is 46.1 Å². The van der Waals surface area contributed by atoms with Gasteiger partial charge < -0.3 is 4.57 Å². The number of hydrogen-bond acceptors (Lipinski definition) is 2. The van der Waals surface area contributed by atoms with Crippen molar-refractivity contribution in [1.82, 2.24) is 9.29 Å². The molecular formula is C14H9Cl3F3N3O2S. The number of nitrogens with zero attached hydrogens (tertiary/aromatic N) is 2. The molecule has 5 nitrogen and oxygen atoms in total. The van der Waals surface area contributed by atoms with Gasteiger partial charge in [-0.15, -0.1) is 0 Å². The van der Waals surface area contributed by atoms with Gasteiger partial charge in [0.1, 0.15) is 17.5 Å². The van der Waals surface area contributed by atoms with E-state index in [0.717, 1.165) is 7.05 Å². The molecule has 26 heavy (non-hydrogen) atoms. The molecule has 2 aromatic rings. The molecule has 0 aliphatic rings. The molecule has 1 heterocycles. The Hall–Kier alpha value is -1.28. The Morgan fingerprint density at radius 2 is 1.92 bits per heavy atom. The topological polar surface area (TPSA) is 78.0 Å². The van der Waals surface area contributed by atoms with Gasteiger partial charge in [-0.3, -0.25) is 4.55 Å². The number of rotatable bonds is 4. The maximum absolute atomic E-state index is 13.3. The molecule has 1 atom stereocenters. The van der Waals surface area contributed by atoms with E-state index in [4.69, 9.17) is 39.4 Å². The van der Waals surface area contributed by atoms with Crippen LogP contribution < -0.4 is 4.72 Å². The Bertz CT molecular complexity index is 938. The van der Waals surface area contributed by atoms with E-state index in [1.54, 1.807) is 6.07 Å². The van der Waals surface area contributed by atoms with Crippen molar-refractivity contribution in [3.63, 3.8) is 0 Å². The van der Waals surface area contributed by atoms with E-state index < -0.39 is 28.2 Å². The van der Waals surface area contributed by atoms with Gasteiger partial charge >= 0.3 is 6.18 Å². The molecular weight excluding hydrogens is 438 g/mol. The summed E-state index contributed by atoms with van der Waals surface area (Å²) in [7, 11) is 1.07. The predicted octanol–water partition coefficient (Wildman–Crippen LogP) is 4.77. The van der Waals surface area contributed by atoms with Crippen molar-refractivity contribution in [3.05, 3.63) is 44.2 Å². The first-order valence-corrected chi connectivity index (χ1v) is 8.91. The van der Waals surface area contributed by atoms with E-state index in [1.807, 2.05) is 0 Å². The van der Waals surface area contributed by atoms with Gasteiger partial charge in [-0.1, -0.05) is 34.8 Å². The molecule has 0 fully saturated rings. The largest absolute Gasteiger partial charge is 0.432 e. The molecule has 2 N–H and O–H groups in total. The molecule has 0 amide bonds. The maximum atomic E-state index is 13.3. The van der Waals surface area contributed by atoms with Crippen LogP contribution in [0.4, 0.5) is 13.2 Å². The standard InChI is InChI=1S/C14H9Cl3F3N3O2S/c1-23-10(4-21)11(12(17)13(23)14(18,19)20)7-2-6(5-22-26(24)25)8(15)3-9(7)16/h2-3,22H,5H2,1H3,(H,24,25). The third kappa shape index (κ3) is 4.01. The minimum atomic E-state index is -4.78. The lowest BCUT2D eigenvalue weighted by molar-refractivity contribution is -0.143. The van der Waals surface area contributed by atoms with Gasteiger partial charge in [-0.25, -0.2) is 8.93 Å². The molecule has 0 radical (unpaired) electrons. The molecule has 1 unspecified atom stereocenters. The Morgan fingerprint density at radius 3 is 2.42 bits per heavy atom. The molecule has 0 spiro atoms. The van der Waals surface area contributed by atoms with Crippen molar-refractivity contribution in [2.75, 3.05) is 0 Å². The summed E-state index contributed by atoms with van der Waals surface area (Å²) in [6.45, 7) is -0.162. The van der Waals surface area contributed by atoms with Crippen molar-refractivity contribution in [2.24, 2.45) is 7.05 Å². The zero-order chi connectivity index (χ0) is 19.8. The van der Waals surface area contributed by atoms with E-state index in [1.165, 1.54) is 12.1 Å². The van der Waals surface area contributed by atoms with Crippen LogP contribution in [0.3, 0.4) is 0 Å². The normalized spacial score (nSPS) is 12.9. The summed E-state index contributed by atoms with van der Waals surface area (Å²) in [4.78, 5) is 0. The average Bonchev–Trinajstić information content (AvgIpc) is 2.76. The summed E-state index contributed by atoms with van der Waals surface area (Å²) in [5.41, 5.74) is -1.39. The van der Waals surface area contributed by atoms with Crippen LogP contribution in [-0.2, 0) is 31.0 Å². The Balaban J connectivity index is 2.75.